The molecule has 0 radical (unpaired) electrons. The van der Waals surface area contributed by atoms with Gasteiger partial charge in [0.05, 0.1) is 0 Å². The predicted octanol–water partition coefficient (Wildman–Crippen LogP) is 7.25. The first-order chi connectivity index (χ1) is 12.3. The molecular formula is C22H44O2Sn. The van der Waals surface area contributed by atoms with Crippen LogP contribution in [0.4, 0.5) is 0 Å². The Balaban J connectivity index is 2.39. The van der Waals surface area contributed by atoms with Crippen LogP contribution in [0.1, 0.15) is 91.4 Å². The Kier molecular flexibility index (Phi) is 14.6. The van der Waals surface area contributed by atoms with E-state index in [4.69, 9.17) is 9.47 Å². The summed E-state index contributed by atoms with van der Waals surface area (Å²) in [5.41, 5.74) is 0. The summed E-state index contributed by atoms with van der Waals surface area (Å²) in [5, 5.41) is 0. The number of hydrogen-bond donors (Lipinski definition) is 0. The standard InChI is InChI=1S/C10H17O2.3C4H9.Sn/c1-2-3-5-8-11-10-7-4-6-9-12-10;3*1-3-4-2;/h1-2,10H,3-9H2;3*1,3-4H2,2H3;. The Bertz CT molecular complexity index is 302. The van der Waals surface area contributed by atoms with E-state index in [9.17, 15) is 0 Å². The van der Waals surface area contributed by atoms with Crippen LogP contribution in [0.25, 0.3) is 0 Å². The van der Waals surface area contributed by atoms with Gasteiger partial charge in [-0.2, -0.15) is 0 Å². The quantitative estimate of drug-likeness (QED) is 0.190. The van der Waals surface area contributed by atoms with Crippen molar-refractivity contribution < 1.29 is 9.47 Å². The average molecular weight is 459 g/mol. The molecule has 3 heteroatoms. The van der Waals surface area contributed by atoms with Crippen LogP contribution in [0.3, 0.4) is 0 Å². The summed E-state index contributed by atoms with van der Waals surface area (Å²) in [6.07, 6.45) is 16.9. The molecule has 0 N–H and O–H groups in total. The zero-order valence-electron chi connectivity index (χ0n) is 17.4. The maximum absolute atomic E-state index is 5.87. The third kappa shape index (κ3) is 11.0. The van der Waals surface area contributed by atoms with Crippen molar-refractivity contribution in [1.29, 1.82) is 0 Å². The van der Waals surface area contributed by atoms with E-state index in [0.29, 0.717) is 0 Å². The van der Waals surface area contributed by atoms with Crippen LogP contribution in [0.15, 0.2) is 10.2 Å². The van der Waals surface area contributed by atoms with Gasteiger partial charge < -0.3 is 0 Å². The van der Waals surface area contributed by atoms with Crippen molar-refractivity contribution in [2.45, 2.75) is 111 Å². The van der Waals surface area contributed by atoms with Crippen LogP contribution in [0.2, 0.25) is 13.3 Å². The van der Waals surface area contributed by atoms with Gasteiger partial charge >= 0.3 is 162 Å². The molecule has 0 aliphatic carbocycles. The SMILES string of the molecule is CCC[CH2][Sn](/[CH]=C\CCCOC1CCCCO1)([CH2]CCC)[CH2]CCC. The molecule has 0 saturated carbocycles. The minimum atomic E-state index is -2.04. The molecule has 1 heterocycles. The van der Waals surface area contributed by atoms with Crippen molar-refractivity contribution in [2.24, 2.45) is 0 Å². The Hall–Kier alpha value is 0.459. The first kappa shape index (κ1) is 23.5. The molecule has 1 atom stereocenters. The van der Waals surface area contributed by atoms with E-state index in [1.165, 1.54) is 57.8 Å². The van der Waals surface area contributed by atoms with Crippen molar-refractivity contribution in [2.75, 3.05) is 13.2 Å². The zero-order valence-corrected chi connectivity index (χ0v) is 20.2. The van der Waals surface area contributed by atoms with Crippen molar-refractivity contribution in [3.05, 3.63) is 10.2 Å². The number of hydrogen-bond acceptors (Lipinski definition) is 2. The first-order valence-corrected chi connectivity index (χ1v) is 18.9. The third-order valence-corrected chi connectivity index (χ3v) is 19.8. The molecule has 0 spiro atoms. The molecule has 1 rings (SSSR count). The van der Waals surface area contributed by atoms with E-state index >= 15 is 0 Å². The Morgan fingerprint density at radius 1 is 0.920 bits per heavy atom. The maximum atomic E-state index is 5.87. The van der Waals surface area contributed by atoms with Gasteiger partial charge in [0.2, 0.25) is 0 Å². The summed E-state index contributed by atoms with van der Waals surface area (Å²) in [5.74, 6) is 0. The Morgan fingerprint density at radius 3 is 2.08 bits per heavy atom. The van der Waals surface area contributed by atoms with E-state index in [0.717, 1.165) is 26.1 Å². The summed E-state index contributed by atoms with van der Waals surface area (Å²) < 4.78 is 19.0. The normalized spacial score (nSPS) is 18.9. The molecule has 2 nitrogen and oxygen atoms in total. The van der Waals surface area contributed by atoms with Crippen LogP contribution in [-0.4, -0.2) is 37.9 Å². The van der Waals surface area contributed by atoms with Gasteiger partial charge in [0.15, 0.2) is 0 Å². The van der Waals surface area contributed by atoms with Gasteiger partial charge in [-0.25, -0.2) is 0 Å². The second-order valence-corrected chi connectivity index (χ2v) is 20.9. The summed E-state index contributed by atoms with van der Waals surface area (Å²) in [7, 11) is 0. The number of ether oxygens (including phenoxy) is 2. The second kappa shape index (κ2) is 15.5. The number of allylic oxidation sites excluding steroid dienone is 1. The molecule has 1 fully saturated rings. The molecule has 25 heavy (non-hydrogen) atoms. The van der Waals surface area contributed by atoms with E-state index in [1.807, 2.05) is 0 Å². The van der Waals surface area contributed by atoms with Gasteiger partial charge in [-0.15, -0.1) is 0 Å². The molecule has 0 aromatic heterocycles. The predicted molar refractivity (Wildman–Crippen MR) is 113 cm³/mol. The molecule has 0 amide bonds. The fourth-order valence-electron chi connectivity index (χ4n) is 3.80. The topological polar surface area (TPSA) is 18.5 Å². The monoisotopic (exact) mass is 460 g/mol. The van der Waals surface area contributed by atoms with Crippen LogP contribution in [0.5, 0.6) is 0 Å². The molecular weight excluding hydrogens is 415 g/mol. The van der Waals surface area contributed by atoms with Gasteiger partial charge in [0.25, 0.3) is 0 Å². The van der Waals surface area contributed by atoms with Crippen LogP contribution in [-0.2, 0) is 9.47 Å². The van der Waals surface area contributed by atoms with Crippen molar-refractivity contribution in [3.63, 3.8) is 0 Å². The van der Waals surface area contributed by atoms with Crippen LogP contribution in [0, 0.1) is 0 Å². The van der Waals surface area contributed by atoms with Gasteiger partial charge in [0, 0.05) is 0 Å². The van der Waals surface area contributed by atoms with Gasteiger partial charge in [-0.3, -0.25) is 0 Å². The van der Waals surface area contributed by atoms with Gasteiger partial charge in [-0.05, 0) is 0 Å². The van der Waals surface area contributed by atoms with E-state index in [1.54, 1.807) is 13.3 Å². The molecule has 0 bridgehead atoms. The summed E-state index contributed by atoms with van der Waals surface area (Å²) >= 11 is -2.04. The van der Waals surface area contributed by atoms with Crippen molar-refractivity contribution in [1.82, 2.24) is 0 Å². The molecule has 0 aromatic rings. The molecule has 0 aromatic carbocycles. The molecule has 1 aliphatic heterocycles. The van der Waals surface area contributed by atoms with E-state index in [2.05, 4.69) is 30.9 Å². The number of rotatable bonds is 15. The van der Waals surface area contributed by atoms with Crippen LogP contribution < -0.4 is 0 Å². The van der Waals surface area contributed by atoms with Crippen molar-refractivity contribution in [3.8, 4) is 0 Å². The average Bonchev–Trinajstić information content (AvgIpc) is 2.66. The first-order valence-electron chi connectivity index (χ1n) is 11.2. The molecule has 1 saturated heterocycles. The summed E-state index contributed by atoms with van der Waals surface area (Å²) in [6, 6.07) is 0. The van der Waals surface area contributed by atoms with Crippen LogP contribution >= 0.6 is 0 Å². The molecule has 1 unspecified atom stereocenters. The molecule has 148 valence electrons. The Labute approximate surface area is 162 Å². The van der Waals surface area contributed by atoms with Crippen molar-refractivity contribution >= 4 is 18.4 Å². The third-order valence-electron chi connectivity index (χ3n) is 5.51. The van der Waals surface area contributed by atoms with E-state index < -0.39 is 18.4 Å². The number of unbranched alkanes of at least 4 members (excludes halogenated alkanes) is 4. The zero-order chi connectivity index (χ0) is 18.2. The van der Waals surface area contributed by atoms with Gasteiger partial charge in [-0.1, -0.05) is 0 Å². The summed E-state index contributed by atoms with van der Waals surface area (Å²) in [6.45, 7) is 8.80. The fraction of sp³-hybridized carbons (Fsp3) is 0.909. The minimum absolute atomic E-state index is 0.0784. The molecule has 1 aliphatic rings. The second-order valence-electron chi connectivity index (χ2n) is 7.88. The van der Waals surface area contributed by atoms with E-state index in [-0.39, 0.29) is 6.29 Å². The Morgan fingerprint density at radius 2 is 1.56 bits per heavy atom. The van der Waals surface area contributed by atoms with Gasteiger partial charge in [0.1, 0.15) is 0 Å². The summed E-state index contributed by atoms with van der Waals surface area (Å²) in [4.78, 5) is 0. The fourth-order valence-corrected chi connectivity index (χ4v) is 18.3.